The van der Waals surface area contributed by atoms with Crippen molar-refractivity contribution in [2.24, 2.45) is 0 Å². The molecule has 1 aliphatic carbocycles. The topological polar surface area (TPSA) is 55.4 Å². The van der Waals surface area contributed by atoms with Crippen LogP contribution in [0.4, 0.5) is 5.00 Å². The lowest BCUT2D eigenvalue weighted by molar-refractivity contribution is -0.114. The summed E-state index contributed by atoms with van der Waals surface area (Å²) >= 11 is 12.4. The maximum Gasteiger partial charge on any atom is 0.341 e. The molecule has 0 saturated heterocycles. The van der Waals surface area contributed by atoms with E-state index in [0.717, 1.165) is 36.1 Å². The number of rotatable bonds is 3. The number of alkyl halides is 2. The van der Waals surface area contributed by atoms with Crippen molar-refractivity contribution >= 4 is 51.4 Å². The monoisotopic (exact) mass is 321 g/mol. The van der Waals surface area contributed by atoms with Crippen molar-refractivity contribution in [3.05, 3.63) is 16.0 Å². The van der Waals surface area contributed by atoms with Crippen LogP contribution < -0.4 is 5.32 Å². The van der Waals surface area contributed by atoms with E-state index in [-0.39, 0.29) is 0 Å². The number of esters is 1. The van der Waals surface area contributed by atoms with E-state index in [9.17, 15) is 9.59 Å². The molecular weight excluding hydrogens is 309 g/mol. The Kier molecular flexibility index (Phi) is 4.71. The third kappa shape index (κ3) is 3.04. The van der Waals surface area contributed by atoms with Gasteiger partial charge in [-0.25, -0.2) is 4.79 Å². The van der Waals surface area contributed by atoms with Gasteiger partial charge in [0.25, 0.3) is 5.91 Å². The lowest BCUT2D eigenvalue weighted by atomic mass is 9.95. The number of amides is 1. The molecule has 1 N–H and O–H groups in total. The number of carbonyl (C=O) groups excluding carboxylic acids is 2. The van der Waals surface area contributed by atoms with E-state index in [1.165, 1.54) is 18.4 Å². The molecule has 0 fully saturated rings. The molecule has 0 bridgehead atoms. The standard InChI is InChI=1S/C12H13Cl2NO3S/c1-18-12(17)8-6-4-2-3-5-7(6)19-11(8)15-10(16)9(13)14/h9H,2-5H2,1H3,(H,15,16). The van der Waals surface area contributed by atoms with Gasteiger partial charge in [0.2, 0.25) is 0 Å². The summed E-state index contributed by atoms with van der Waals surface area (Å²) in [5.41, 5.74) is 1.43. The van der Waals surface area contributed by atoms with Gasteiger partial charge in [0, 0.05) is 4.88 Å². The van der Waals surface area contributed by atoms with Crippen molar-refractivity contribution in [1.29, 1.82) is 0 Å². The fourth-order valence-corrected chi connectivity index (χ4v) is 3.53. The molecule has 2 rings (SSSR count). The average Bonchev–Trinajstić information content (AvgIpc) is 2.75. The van der Waals surface area contributed by atoms with Crippen LogP contribution in [0.15, 0.2) is 0 Å². The number of nitrogens with one attached hydrogen (secondary N) is 1. The Morgan fingerprint density at radius 3 is 2.63 bits per heavy atom. The van der Waals surface area contributed by atoms with Crippen molar-refractivity contribution in [2.45, 2.75) is 30.5 Å². The Hall–Kier alpha value is -0.780. The van der Waals surface area contributed by atoms with Crippen LogP contribution in [0.25, 0.3) is 0 Å². The zero-order valence-corrected chi connectivity index (χ0v) is 12.6. The molecule has 7 heteroatoms. The molecule has 1 aliphatic rings. The lowest BCUT2D eigenvalue weighted by Gasteiger charge is -2.11. The third-order valence-corrected chi connectivity index (χ3v) is 4.60. The molecule has 0 radical (unpaired) electrons. The largest absolute Gasteiger partial charge is 0.465 e. The number of anilines is 1. The summed E-state index contributed by atoms with van der Waals surface area (Å²) in [4.78, 5) is 23.4. The van der Waals surface area contributed by atoms with Gasteiger partial charge in [0.05, 0.1) is 12.7 Å². The molecule has 0 saturated carbocycles. The zero-order valence-electron chi connectivity index (χ0n) is 10.3. The molecule has 0 aliphatic heterocycles. The lowest BCUT2D eigenvalue weighted by Crippen LogP contribution is -2.20. The van der Waals surface area contributed by atoms with Crippen LogP contribution in [0.5, 0.6) is 0 Å². The van der Waals surface area contributed by atoms with Gasteiger partial charge in [-0.05, 0) is 31.2 Å². The number of methoxy groups -OCH3 is 1. The highest BCUT2D eigenvalue weighted by molar-refractivity contribution is 7.17. The van der Waals surface area contributed by atoms with E-state index >= 15 is 0 Å². The predicted molar refractivity (Wildman–Crippen MR) is 76.4 cm³/mol. The van der Waals surface area contributed by atoms with E-state index in [1.807, 2.05) is 0 Å². The van der Waals surface area contributed by atoms with Crippen LogP contribution in [0, 0.1) is 0 Å². The first kappa shape index (κ1) is 14.6. The highest BCUT2D eigenvalue weighted by atomic mass is 35.5. The van der Waals surface area contributed by atoms with Crippen LogP contribution in [0.2, 0.25) is 0 Å². The van der Waals surface area contributed by atoms with Gasteiger partial charge in [-0.2, -0.15) is 0 Å². The summed E-state index contributed by atoms with van der Waals surface area (Å²) in [7, 11) is 1.33. The second-order valence-corrected chi connectivity index (χ2v) is 6.40. The van der Waals surface area contributed by atoms with Crippen molar-refractivity contribution in [1.82, 2.24) is 0 Å². The third-order valence-electron chi connectivity index (χ3n) is 3.00. The molecule has 1 aromatic heterocycles. The number of fused-ring (bicyclic) bond motifs is 1. The predicted octanol–water partition coefficient (Wildman–Crippen LogP) is 3.16. The Morgan fingerprint density at radius 2 is 2.00 bits per heavy atom. The van der Waals surface area contributed by atoms with Gasteiger partial charge < -0.3 is 10.1 Å². The minimum Gasteiger partial charge on any atom is -0.465 e. The molecule has 1 heterocycles. The first-order valence-corrected chi connectivity index (χ1v) is 7.55. The highest BCUT2D eigenvalue weighted by Crippen LogP contribution is 2.38. The van der Waals surface area contributed by atoms with Gasteiger partial charge >= 0.3 is 5.97 Å². The maximum atomic E-state index is 11.9. The summed E-state index contributed by atoms with van der Waals surface area (Å²) in [5.74, 6) is -0.970. The minimum absolute atomic E-state index is 0.435. The Labute approximate surface area is 125 Å². The van der Waals surface area contributed by atoms with Crippen LogP contribution in [-0.4, -0.2) is 23.8 Å². The van der Waals surface area contributed by atoms with Gasteiger partial charge in [-0.1, -0.05) is 23.2 Å². The van der Waals surface area contributed by atoms with E-state index in [1.54, 1.807) is 0 Å². The maximum absolute atomic E-state index is 11.9. The zero-order chi connectivity index (χ0) is 14.0. The number of hydrogen-bond acceptors (Lipinski definition) is 4. The molecule has 0 aromatic carbocycles. The number of carbonyl (C=O) groups is 2. The summed E-state index contributed by atoms with van der Waals surface area (Å²) in [6.07, 6.45) is 3.88. The van der Waals surface area contributed by atoms with E-state index < -0.39 is 16.7 Å². The SMILES string of the molecule is COC(=O)c1c(NC(=O)C(Cl)Cl)sc2c1CCCC2. The van der Waals surface area contributed by atoms with Gasteiger partial charge in [-0.15, -0.1) is 11.3 Å². The molecule has 0 atom stereocenters. The normalized spacial score (nSPS) is 14.1. The molecule has 0 unspecified atom stereocenters. The molecule has 104 valence electrons. The van der Waals surface area contributed by atoms with Crippen molar-refractivity contribution < 1.29 is 14.3 Å². The van der Waals surface area contributed by atoms with Gasteiger partial charge in [-0.3, -0.25) is 4.79 Å². The Morgan fingerprint density at radius 1 is 1.32 bits per heavy atom. The second kappa shape index (κ2) is 6.11. The van der Waals surface area contributed by atoms with Crippen molar-refractivity contribution in [2.75, 3.05) is 12.4 Å². The minimum atomic E-state index is -1.16. The first-order valence-electron chi connectivity index (χ1n) is 5.86. The van der Waals surface area contributed by atoms with Crippen LogP contribution >= 0.6 is 34.5 Å². The molecular formula is C12H13Cl2NO3S. The molecule has 0 spiro atoms. The molecule has 19 heavy (non-hydrogen) atoms. The number of thiophene rings is 1. The number of ether oxygens (including phenoxy) is 1. The summed E-state index contributed by atoms with van der Waals surface area (Å²) in [5, 5.41) is 3.08. The summed E-state index contributed by atoms with van der Waals surface area (Å²) in [6.45, 7) is 0. The molecule has 1 aromatic rings. The summed E-state index contributed by atoms with van der Waals surface area (Å²) in [6, 6.07) is 0. The Balaban J connectivity index is 2.39. The average molecular weight is 322 g/mol. The van der Waals surface area contributed by atoms with Crippen molar-refractivity contribution in [3.8, 4) is 0 Å². The molecule has 4 nitrogen and oxygen atoms in total. The van der Waals surface area contributed by atoms with Crippen LogP contribution in [0.3, 0.4) is 0 Å². The highest BCUT2D eigenvalue weighted by Gasteiger charge is 2.27. The quantitative estimate of drug-likeness (QED) is 0.687. The van der Waals surface area contributed by atoms with Crippen LogP contribution in [0.1, 0.15) is 33.6 Å². The first-order chi connectivity index (χ1) is 9.04. The van der Waals surface area contributed by atoms with Crippen molar-refractivity contribution in [3.63, 3.8) is 0 Å². The number of halogens is 2. The Bertz CT molecular complexity index is 513. The van der Waals surface area contributed by atoms with Crippen LogP contribution in [-0.2, 0) is 22.4 Å². The van der Waals surface area contributed by atoms with Gasteiger partial charge in [0.15, 0.2) is 4.84 Å². The van der Waals surface area contributed by atoms with E-state index in [0.29, 0.717) is 10.6 Å². The number of hydrogen-bond donors (Lipinski definition) is 1. The number of aryl methyl sites for hydroxylation is 1. The smallest absolute Gasteiger partial charge is 0.341 e. The van der Waals surface area contributed by atoms with Gasteiger partial charge in [0.1, 0.15) is 5.00 Å². The van der Waals surface area contributed by atoms with E-state index in [4.69, 9.17) is 27.9 Å². The molecule has 1 amide bonds. The second-order valence-electron chi connectivity index (χ2n) is 4.20. The fourth-order valence-electron chi connectivity index (χ4n) is 2.14. The summed E-state index contributed by atoms with van der Waals surface area (Å²) < 4.78 is 4.79. The van der Waals surface area contributed by atoms with E-state index in [2.05, 4.69) is 5.32 Å². The fraction of sp³-hybridized carbons (Fsp3) is 0.500.